The summed E-state index contributed by atoms with van der Waals surface area (Å²) in [5.41, 5.74) is 2.80. The number of fused-ring (bicyclic) bond motifs is 1. The van der Waals surface area contributed by atoms with Gasteiger partial charge in [0, 0.05) is 12.6 Å². The zero-order chi connectivity index (χ0) is 13.5. The number of H-pyrrole nitrogens is 2. The average Bonchev–Trinajstić information content (AvgIpc) is 2.66. The van der Waals surface area contributed by atoms with Crippen molar-refractivity contribution in [1.29, 1.82) is 0 Å². The van der Waals surface area contributed by atoms with Crippen LogP contribution in [-0.2, 0) is 10.2 Å². The molecule has 2 aromatic rings. The topological polar surface area (TPSA) is 69.9 Å². The highest BCUT2D eigenvalue weighted by Crippen LogP contribution is 2.33. The van der Waals surface area contributed by atoms with E-state index in [4.69, 9.17) is 4.74 Å². The van der Waals surface area contributed by atoms with Gasteiger partial charge in [-0.2, -0.15) is 0 Å². The molecule has 5 nitrogen and oxygen atoms in total. The van der Waals surface area contributed by atoms with Crippen molar-refractivity contribution in [3.63, 3.8) is 0 Å². The van der Waals surface area contributed by atoms with Gasteiger partial charge in [-0.15, -0.1) is 0 Å². The van der Waals surface area contributed by atoms with Gasteiger partial charge in [0.25, 0.3) is 0 Å². The number of rotatable bonds is 4. The van der Waals surface area contributed by atoms with Gasteiger partial charge >= 0.3 is 5.69 Å². The summed E-state index contributed by atoms with van der Waals surface area (Å²) in [6.45, 7) is 6.63. The standard InChI is InChI=1S/C14H19N3O2/c1-9(2)15-6-14(7-19-8-14)10-3-4-11-12(5-10)17-13(18)16-11/h3-5,9,15H,6-8H2,1-2H3,(H2,16,17,18). The van der Waals surface area contributed by atoms with E-state index in [-0.39, 0.29) is 11.1 Å². The Morgan fingerprint density at radius 3 is 2.68 bits per heavy atom. The normalized spacial score (nSPS) is 17.8. The van der Waals surface area contributed by atoms with Crippen LogP contribution < -0.4 is 11.0 Å². The molecular weight excluding hydrogens is 242 g/mol. The summed E-state index contributed by atoms with van der Waals surface area (Å²) < 4.78 is 5.42. The van der Waals surface area contributed by atoms with Crippen molar-refractivity contribution in [3.05, 3.63) is 34.2 Å². The lowest BCUT2D eigenvalue weighted by molar-refractivity contribution is -0.0596. The fourth-order valence-corrected chi connectivity index (χ4v) is 2.48. The van der Waals surface area contributed by atoms with E-state index >= 15 is 0 Å². The molecule has 19 heavy (non-hydrogen) atoms. The monoisotopic (exact) mass is 261 g/mol. The SMILES string of the molecule is CC(C)NCC1(c2ccc3[nH]c(=O)[nH]c3c2)COC1. The number of benzene rings is 1. The first-order valence-corrected chi connectivity index (χ1v) is 6.63. The molecule has 0 aliphatic carbocycles. The van der Waals surface area contributed by atoms with Crippen LogP contribution in [0.4, 0.5) is 0 Å². The van der Waals surface area contributed by atoms with Gasteiger partial charge in [-0.05, 0) is 17.7 Å². The Bertz CT molecular complexity index is 637. The quantitative estimate of drug-likeness (QED) is 0.772. The zero-order valence-corrected chi connectivity index (χ0v) is 11.2. The van der Waals surface area contributed by atoms with E-state index in [2.05, 4.69) is 41.3 Å². The molecule has 1 aromatic heterocycles. The Morgan fingerprint density at radius 1 is 1.32 bits per heavy atom. The van der Waals surface area contributed by atoms with Gasteiger partial charge in [-0.25, -0.2) is 4.79 Å². The third-order valence-electron chi connectivity index (χ3n) is 3.73. The predicted molar refractivity (Wildman–Crippen MR) is 74.6 cm³/mol. The molecule has 0 radical (unpaired) electrons. The first-order chi connectivity index (χ1) is 9.09. The minimum absolute atomic E-state index is 0.0343. The second kappa shape index (κ2) is 4.51. The molecule has 3 rings (SSSR count). The molecule has 1 aliphatic heterocycles. The average molecular weight is 261 g/mol. The third kappa shape index (κ3) is 2.19. The van der Waals surface area contributed by atoms with E-state index in [0.29, 0.717) is 6.04 Å². The molecule has 1 aliphatic rings. The summed E-state index contributed by atoms with van der Waals surface area (Å²) in [6.07, 6.45) is 0. The summed E-state index contributed by atoms with van der Waals surface area (Å²) in [5, 5.41) is 3.48. The van der Waals surface area contributed by atoms with Crippen molar-refractivity contribution in [2.75, 3.05) is 19.8 Å². The van der Waals surface area contributed by atoms with Crippen LogP contribution in [-0.4, -0.2) is 35.8 Å². The van der Waals surface area contributed by atoms with E-state index in [1.54, 1.807) is 0 Å². The van der Waals surface area contributed by atoms with Crippen LogP contribution in [0.1, 0.15) is 19.4 Å². The molecule has 102 valence electrons. The third-order valence-corrected chi connectivity index (χ3v) is 3.73. The summed E-state index contributed by atoms with van der Waals surface area (Å²) in [5.74, 6) is 0. The minimum Gasteiger partial charge on any atom is -0.379 e. The summed E-state index contributed by atoms with van der Waals surface area (Å²) in [6, 6.07) is 6.54. The van der Waals surface area contributed by atoms with Crippen LogP contribution in [0.3, 0.4) is 0 Å². The molecule has 1 saturated heterocycles. The van der Waals surface area contributed by atoms with Gasteiger partial charge < -0.3 is 20.0 Å². The molecule has 1 aromatic carbocycles. The van der Waals surface area contributed by atoms with Gasteiger partial charge in [-0.1, -0.05) is 19.9 Å². The van der Waals surface area contributed by atoms with Crippen LogP contribution in [0, 0.1) is 0 Å². The number of aromatic nitrogens is 2. The van der Waals surface area contributed by atoms with Crippen molar-refractivity contribution >= 4 is 11.0 Å². The maximum atomic E-state index is 11.3. The van der Waals surface area contributed by atoms with Crippen LogP contribution in [0.2, 0.25) is 0 Å². The van der Waals surface area contributed by atoms with Crippen molar-refractivity contribution < 1.29 is 4.74 Å². The molecule has 0 saturated carbocycles. The Balaban J connectivity index is 1.94. The first-order valence-electron chi connectivity index (χ1n) is 6.63. The Kier molecular flexibility index (Phi) is 2.95. The van der Waals surface area contributed by atoms with Crippen molar-refractivity contribution in [1.82, 2.24) is 15.3 Å². The molecule has 0 amide bonds. The maximum Gasteiger partial charge on any atom is 0.323 e. The van der Waals surface area contributed by atoms with Gasteiger partial charge in [0.1, 0.15) is 0 Å². The van der Waals surface area contributed by atoms with E-state index in [1.165, 1.54) is 5.56 Å². The molecule has 2 heterocycles. The van der Waals surface area contributed by atoms with Gasteiger partial charge in [-0.3, -0.25) is 0 Å². The van der Waals surface area contributed by atoms with Crippen LogP contribution in [0.5, 0.6) is 0 Å². The van der Waals surface area contributed by atoms with Gasteiger partial charge in [0.2, 0.25) is 0 Å². The van der Waals surface area contributed by atoms with Gasteiger partial charge in [0.05, 0.1) is 29.7 Å². The molecule has 5 heteroatoms. The number of aromatic amines is 2. The fraction of sp³-hybridized carbons (Fsp3) is 0.500. The molecule has 3 N–H and O–H groups in total. The molecule has 0 bridgehead atoms. The first kappa shape index (κ1) is 12.4. The van der Waals surface area contributed by atoms with Crippen LogP contribution >= 0.6 is 0 Å². The summed E-state index contributed by atoms with van der Waals surface area (Å²) in [7, 11) is 0. The minimum atomic E-state index is -0.161. The van der Waals surface area contributed by atoms with Gasteiger partial charge in [0.15, 0.2) is 0 Å². The molecule has 0 atom stereocenters. The number of imidazole rings is 1. The van der Waals surface area contributed by atoms with E-state index in [0.717, 1.165) is 30.8 Å². The number of hydrogen-bond donors (Lipinski definition) is 3. The van der Waals surface area contributed by atoms with Crippen molar-refractivity contribution in [2.45, 2.75) is 25.3 Å². The maximum absolute atomic E-state index is 11.3. The second-order valence-corrected chi connectivity index (χ2v) is 5.65. The zero-order valence-electron chi connectivity index (χ0n) is 11.2. The van der Waals surface area contributed by atoms with Crippen molar-refractivity contribution in [2.24, 2.45) is 0 Å². The molecule has 1 fully saturated rings. The lowest BCUT2D eigenvalue weighted by Gasteiger charge is -2.42. The Morgan fingerprint density at radius 2 is 2.05 bits per heavy atom. The Hall–Kier alpha value is -1.59. The highest BCUT2D eigenvalue weighted by Gasteiger charge is 2.40. The summed E-state index contributed by atoms with van der Waals surface area (Å²) in [4.78, 5) is 16.9. The highest BCUT2D eigenvalue weighted by atomic mass is 16.5. The lowest BCUT2D eigenvalue weighted by atomic mass is 9.78. The number of nitrogens with one attached hydrogen (secondary N) is 3. The number of ether oxygens (including phenoxy) is 1. The molecular formula is C14H19N3O2. The van der Waals surface area contributed by atoms with Crippen LogP contribution in [0.25, 0.3) is 11.0 Å². The molecule has 0 unspecified atom stereocenters. The van der Waals surface area contributed by atoms with E-state index < -0.39 is 0 Å². The van der Waals surface area contributed by atoms with Crippen molar-refractivity contribution in [3.8, 4) is 0 Å². The molecule has 0 spiro atoms. The predicted octanol–water partition coefficient (Wildman–Crippen LogP) is 1.12. The fourth-order valence-electron chi connectivity index (χ4n) is 2.48. The highest BCUT2D eigenvalue weighted by molar-refractivity contribution is 5.75. The number of hydrogen-bond acceptors (Lipinski definition) is 3. The second-order valence-electron chi connectivity index (χ2n) is 5.65. The Labute approximate surface area is 111 Å². The van der Waals surface area contributed by atoms with E-state index in [1.807, 2.05) is 6.07 Å². The smallest absolute Gasteiger partial charge is 0.323 e. The lowest BCUT2D eigenvalue weighted by Crippen LogP contribution is -2.54. The van der Waals surface area contributed by atoms with Crippen LogP contribution in [0.15, 0.2) is 23.0 Å². The van der Waals surface area contributed by atoms with E-state index in [9.17, 15) is 4.79 Å². The largest absolute Gasteiger partial charge is 0.379 e. The summed E-state index contributed by atoms with van der Waals surface area (Å²) >= 11 is 0.